The molecule has 0 saturated heterocycles. The van der Waals surface area contributed by atoms with Crippen molar-refractivity contribution in [1.82, 2.24) is 15.1 Å². The van der Waals surface area contributed by atoms with Gasteiger partial charge in [-0.1, -0.05) is 24.3 Å². The molecule has 1 aromatic heterocycles. The van der Waals surface area contributed by atoms with Crippen molar-refractivity contribution in [2.75, 3.05) is 14.2 Å². The standard InChI is InChI=1S/C23H25N3O4/c1-4-26-23(28)17-13-20(30-3)19(29-2)12-16(17)21(25-26)22(27)24-18-11-7-9-14-8-5-6-10-15(14)18/h5-6,8,10,12-13,18H,4,7,9,11H2,1-3H3,(H,24,27). The molecule has 0 fully saturated rings. The Morgan fingerprint density at radius 2 is 1.87 bits per heavy atom. The normalized spacial score (nSPS) is 15.5. The van der Waals surface area contributed by atoms with Gasteiger partial charge >= 0.3 is 0 Å². The molecule has 2 aromatic carbocycles. The molecule has 1 aliphatic carbocycles. The van der Waals surface area contributed by atoms with Crippen LogP contribution in [0.15, 0.2) is 41.2 Å². The van der Waals surface area contributed by atoms with Crippen molar-refractivity contribution >= 4 is 16.7 Å². The van der Waals surface area contributed by atoms with Crippen LogP contribution in [0.1, 0.15) is 47.4 Å². The number of aryl methyl sites for hydroxylation is 2. The second kappa shape index (κ2) is 8.18. The monoisotopic (exact) mass is 407 g/mol. The fourth-order valence-corrected chi connectivity index (χ4v) is 4.12. The third-order valence-electron chi connectivity index (χ3n) is 5.65. The number of benzene rings is 2. The highest BCUT2D eigenvalue weighted by Gasteiger charge is 2.25. The number of hydrogen-bond acceptors (Lipinski definition) is 5. The van der Waals surface area contributed by atoms with Crippen molar-refractivity contribution in [2.24, 2.45) is 0 Å². The highest BCUT2D eigenvalue weighted by molar-refractivity contribution is 6.05. The second-order valence-corrected chi connectivity index (χ2v) is 7.34. The number of carbonyl (C=O) groups is 1. The zero-order valence-electron chi connectivity index (χ0n) is 17.4. The number of carbonyl (C=O) groups excluding carboxylic acids is 1. The molecule has 3 aromatic rings. The molecule has 1 heterocycles. The molecule has 7 heteroatoms. The summed E-state index contributed by atoms with van der Waals surface area (Å²) in [5, 5.41) is 8.32. The molecule has 1 N–H and O–H groups in total. The van der Waals surface area contributed by atoms with Crippen molar-refractivity contribution in [3.8, 4) is 11.5 Å². The Kier molecular flexibility index (Phi) is 5.44. The number of hydrogen-bond donors (Lipinski definition) is 1. The van der Waals surface area contributed by atoms with Crippen LogP contribution < -0.4 is 20.3 Å². The van der Waals surface area contributed by atoms with E-state index in [4.69, 9.17) is 9.47 Å². The Bertz CT molecular complexity index is 1170. The number of nitrogens with zero attached hydrogens (tertiary/aromatic N) is 2. The molecule has 1 unspecified atom stereocenters. The van der Waals surface area contributed by atoms with Crippen LogP contribution >= 0.6 is 0 Å². The van der Waals surface area contributed by atoms with E-state index in [2.05, 4.69) is 22.5 Å². The second-order valence-electron chi connectivity index (χ2n) is 7.34. The van der Waals surface area contributed by atoms with Gasteiger partial charge in [-0.25, -0.2) is 4.68 Å². The van der Waals surface area contributed by atoms with Gasteiger partial charge in [0.1, 0.15) is 0 Å². The predicted octanol–water partition coefficient (Wildman–Crippen LogP) is 3.24. The van der Waals surface area contributed by atoms with E-state index >= 15 is 0 Å². The van der Waals surface area contributed by atoms with E-state index in [0.29, 0.717) is 28.8 Å². The first-order valence-electron chi connectivity index (χ1n) is 10.1. The maximum atomic E-state index is 13.3. The zero-order chi connectivity index (χ0) is 21.3. The summed E-state index contributed by atoms with van der Waals surface area (Å²) < 4.78 is 12.0. The molecular formula is C23H25N3O4. The highest BCUT2D eigenvalue weighted by atomic mass is 16.5. The first-order chi connectivity index (χ1) is 14.6. The van der Waals surface area contributed by atoms with Crippen molar-refractivity contribution in [2.45, 2.75) is 38.8 Å². The molecule has 30 heavy (non-hydrogen) atoms. The summed E-state index contributed by atoms with van der Waals surface area (Å²) in [5.41, 5.74) is 2.34. The summed E-state index contributed by atoms with van der Waals surface area (Å²) >= 11 is 0. The third-order valence-corrected chi connectivity index (χ3v) is 5.65. The smallest absolute Gasteiger partial charge is 0.274 e. The van der Waals surface area contributed by atoms with Crippen molar-refractivity contribution in [3.05, 3.63) is 63.6 Å². The van der Waals surface area contributed by atoms with Gasteiger partial charge in [0, 0.05) is 11.9 Å². The molecule has 0 spiro atoms. The molecule has 0 saturated carbocycles. The Balaban J connectivity index is 1.81. The van der Waals surface area contributed by atoms with Crippen molar-refractivity contribution in [1.29, 1.82) is 0 Å². The van der Waals surface area contributed by atoms with Crippen LogP contribution in [0, 0.1) is 0 Å². The molecule has 156 valence electrons. The minimum absolute atomic E-state index is 0.0820. The maximum absolute atomic E-state index is 13.3. The van der Waals surface area contributed by atoms with Gasteiger partial charge in [-0.2, -0.15) is 5.10 Å². The average molecular weight is 407 g/mol. The van der Waals surface area contributed by atoms with Gasteiger partial charge in [0.2, 0.25) is 0 Å². The van der Waals surface area contributed by atoms with Crippen LogP contribution in [-0.2, 0) is 13.0 Å². The van der Waals surface area contributed by atoms with Gasteiger partial charge in [-0.3, -0.25) is 9.59 Å². The van der Waals surface area contributed by atoms with Crippen LogP contribution in [0.5, 0.6) is 11.5 Å². The van der Waals surface area contributed by atoms with E-state index in [-0.39, 0.29) is 23.2 Å². The molecule has 1 amide bonds. The Morgan fingerprint density at radius 3 is 2.57 bits per heavy atom. The van der Waals surface area contributed by atoms with E-state index in [1.165, 1.54) is 24.5 Å². The van der Waals surface area contributed by atoms with Crippen LogP contribution in [0.3, 0.4) is 0 Å². The first kappa shape index (κ1) is 19.9. The van der Waals surface area contributed by atoms with E-state index in [9.17, 15) is 9.59 Å². The van der Waals surface area contributed by atoms with E-state index in [1.807, 2.05) is 19.1 Å². The number of rotatable bonds is 5. The zero-order valence-corrected chi connectivity index (χ0v) is 17.4. The van der Waals surface area contributed by atoms with Gasteiger partial charge in [0.05, 0.1) is 25.6 Å². The number of aromatic nitrogens is 2. The predicted molar refractivity (Wildman–Crippen MR) is 114 cm³/mol. The summed E-state index contributed by atoms with van der Waals surface area (Å²) in [6.07, 6.45) is 2.89. The first-order valence-corrected chi connectivity index (χ1v) is 10.1. The van der Waals surface area contributed by atoms with Gasteiger partial charge in [-0.15, -0.1) is 0 Å². The quantitative estimate of drug-likeness (QED) is 0.702. The SMILES string of the molecule is CCn1nc(C(=O)NC2CCCc3ccccc32)c2cc(OC)c(OC)cc2c1=O. The van der Waals surface area contributed by atoms with E-state index in [1.54, 1.807) is 12.1 Å². The summed E-state index contributed by atoms with van der Waals surface area (Å²) in [6.45, 7) is 2.18. The summed E-state index contributed by atoms with van der Waals surface area (Å²) in [7, 11) is 3.03. The summed E-state index contributed by atoms with van der Waals surface area (Å²) in [6, 6.07) is 11.4. The molecule has 4 rings (SSSR count). The molecule has 0 radical (unpaired) electrons. The fraction of sp³-hybridized carbons (Fsp3) is 0.348. The van der Waals surface area contributed by atoms with Crippen LogP contribution in [0.25, 0.3) is 10.8 Å². The largest absolute Gasteiger partial charge is 0.493 e. The van der Waals surface area contributed by atoms with E-state index < -0.39 is 0 Å². The summed E-state index contributed by atoms with van der Waals surface area (Å²) in [5.74, 6) is 0.567. The van der Waals surface area contributed by atoms with Gasteiger partial charge in [0.15, 0.2) is 17.2 Å². The average Bonchev–Trinajstić information content (AvgIpc) is 2.78. The van der Waals surface area contributed by atoms with Crippen LogP contribution in [0.2, 0.25) is 0 Å². The molecule has 0 aliphatic heterocycles. The lowest BCUT2D eigenvalue weighted by Crippen LogP contribution is -2.34. The van der Waals surface area contributed by atoms with Crippen molar-refractivity contribution in [3.63, 3.8) is 0 Å². The van der Waals surface area contributed by atoms with Crippen molar-refractivity contribution < 1.29 is 14.3 Å². The highest BCUT2D eigenvalue weighted by Crippen LogP contribution is 2.33. The minimum Gasteiger partial charge on any atom is -0.493 e. The number of amides is 1. The topological polar surface area (TPSA) is 82.5 Å². The lowest BCUT2D eigenvalue weighted by Gasteiger charge is -2.26. The number of methoxy groups -OCH3 is 2. The third kappa shape index (κ3) is 3.40. The number of nitrogens with one attached hydrogen (secondary N) is 1. The minimum atomic E-state index is -0.309. The van der Waals surface area contributed by atoms with E-state index in [0.717, 1.165) is 24.8 Å². The van der Waals surface area contributed by atoms with Crippen LogP contribution in [0.4, 0.5) is 0 Å². The Labute approximate surface area is 174 Å². The molecule has 1 atom stereocenters. The molecular weight excluding hydrogens is 382 g/mol. The Hall–Kier alpha value is -3.35. The van der Waals surface area contributed by atoms with Gasteiger partial charge in [-0.05, 0) is 49.4 Å². The van der Waals surface area contributed by atoms with Crippen LogP contribution in [-0.4, -0.2) is 29.9 Å². The summed E-state index contributed by atoms with van der Waals surface area (Å²) in [4.78, 5) is 26.1. The fourth-order valence-electron chi connectivity index (χ4n) is 4.12. The van der Waals surface area contributed by atoms with Gasteiger partial charge < -0.3 is 14.8 Å². The molecule has 7 nitrogen and oxygen atoms in total. The number of fused-ring (bicyclic) bond motifs is 2. The molecule has 1 aliphatic rings. The Morgan fingerprint density at radius 1 is 1.17 bits per heavy atom. The molecule has 0 bridgehead atoms. The number of ether oxygens (including phenoxy) is 2. The lowest BCUT2D eigenvalue weighted by atomic mass is 9.87. The maximum Gasteiger partial charge on any atom is 0.274 e. The lowest BCUT2D eigenvalue weighted by molar-refractivity contribution is 0.0927. The van der Waals surface area contributed by atoms with Gasteiger partial charge in [0.25, 0.3) is 11.5 Å².